The summed E-state index contributed by atoms with van der Waals surface area (Å²) >= 11 is 0. The molecule has 1 N–H and O–H groups in total. The first-order chi connectivity index (χ1) is 10.1. The van der Waals surface area contributed by atoms with Crippen LogP contribution in [-0.2, 0) is 16.6 Å². The Morgan fingerprint density at radius 3 is 2.81 bits per heavy atom. The molecule has 3 rings (SSSR count). The zero-order valence-electron chi connectivity index (χ0n) is 11.3. The van der Waals surface area contributed by atoms with Crippen molar-refractivity contribution in [3.05, 3.63) is 48.7 Å². The molecule has 0 aliphatic carbocycles. The van der Waals surface area contributed by atoms with Gasteiger partial charge in [0.05, 0.1) is 17.0 Å². The van der Waals surface area contributed by atoms with Crippen LogP contribution in [0.2, 0.25) is 0 Å². The number of aromatic nitrogens is 4. The Labute approximate surface area is 121 Å². The Bertz CT molecular complexity index is 856. The number of rotatable bonds is 4. The molecular weight excluding hydrogens is 290 g/mol. The summed E-state index contributed by atoms with van der Waals surface area (Å²) in [5, 5.41) is 6.96. The highest BCUT2D eigenvalue weighted by Crippen LogP contribution is 2.24. The van der Waals surface area contributed by atoms with Crippen molar-refractivity contribution >= 4 is 20.9 Å². The van der Waals surface area contributed by atoms with Gasteiger partial charge in [0.15, 0.2) is 0 Å². The van der Waals surface area contributed by atoms with Gasteiger partial charge in [0, 0.05) is 18.6 Å². The minimum absolute atomic E-state index is 0.124. The molecular formula is C13H13N5O2S. The van der Waals surface area contributed by atoms with Gasteiger partial charge in [0.1, 0.15) is 12.2 Å². The first-order valence-corrected chi connectivity index (χ1v) is 7.67. The summed E-state index contributed by atoms with van der Waals surface area (Å²) < 4.78 is 26.6. The number of hydrogen-bond acceptors (Lipinski definition) is 5. The molecule has 0 aliphatic rings. The van der Waals surface area contributed by atoms with Crippen LogP contribution in [0.3, 0.4) is 0 Å². The molecule has 0 amide bonds. The molecule has 0 fully saturated rings. The van der Waals surface area contributed by atoms with Crippen molar-refractivity contribution < 1.29 is 8.42 Å². The van der Waals surface area contributed by atoms with E-state index in [9.17, 15) is 8.42 Å². The summed E-state index contributed by atoms with van der Waals surface area (Å²) in [6, 6.07) is 8.51. The summed E-state index contributed by atoms with van der Waals surface area (Å²) in [5.41, 5.74) is 0.645. The van der Waals surface area contributed by atoms with Gasteiger partial charge in [-0.25, -0.2) is 13.4 Å². The van der Waals surface area contributed by atoms with E-state index < -0.39 is 10.0 Å². The normalized spacial score (nSPS) is 12.1. The summed E-state index contributed by atoms with van der Waals surface area (Å²) in [6.45, 7) is 0.124. The Morgan fingerprint density at radius 1 is 1.19 bits per heavy atom. The number of sulfonamides is 1. The van der Waals surface area contributed by atoms with Crippen molar-refractivity contribution in [1.29, 1.82) is 0 Å². The third kappa shape index (κ3) is 2.50. The third-order valence-corrected chi connectivity index (χ3v) is 4.99. The van der Waals surface area contributed by atoms with Gasteiger partial charge in [-0.3, -0.25) is 10.1 Å². The van der Waals surface area contributed by atoms with Gasteiger partial charge in [-0.15, -0.1) is 0 Å². The van der Waals surface area contributed by atoms with Crippen LogP contribution in [0, 0.1) is 0 Å². The van der Waals surface area contributed by atoms with Crippen LogP contribution in [-0.4, -0.2) is 39.9 Å². The molecule has 0 unspecified atom stereocenters. The van der Waals surface area contributed by atoms with E-state index in [-0.39, 0.29) is 11.4 Å². The van der Waals surface area contributed by atoms with E-state index in [0.717, 1.165) is 0 Å². The van der Waals surface area contributed by atoms with Gasteiger partial charge >= 0.3 is 0 Å². The van der Waals surface area contributed by atoms with Crippen LogP contribution in [0.15, 0.2) is 47.8 Å². The lowest BCUT2D eigenvalue weighted by Gasteiger charge is -2.17. The number of H-pyrrole nitrogens is 1. The van der Waals surface area contributed by atoms with Crippen LogP contribution in [0.4, 0.5) is 0 Å². The topological polar surface area (TPSA) is 91.8 Å². The Hall–Kier alpha value is -2.32. The number of fused-ring (bicyclic) bond motifs is 1. The predicted molar refractivity (Wildman–Crippen MR) is 76.8 cm³/mol. The smallest absolute Gasteiger partial charge is 0.243 e. The first kappa shape index (κ1) is 13.7. The minimum Gasteiger partial charge on any atom is -0.262 e. The Morgan fingerprint density at radius 2 is 2.05 bits per heavy atom. The molecule has 108 valence electrons. The van der Waals surface area contributed by atoms with E-state index in [2.05, 4.69) is 20.2 Å². The van der Waals surface area contributed by atoms with E-state index >= 15 is 0 Å². The van der Waals surface area contributed by atoms with E-state index in [4.69, 9.17) is 0 Å². The molecule has 0 atom stereocenters. The van der Waals surface area contributed by atoms with E-state index in [1.54, 1.807) is 36.5 Å². The first-order valence-electron chi connectivity index (χ1n) is 6.23. The number of hydrogen-bond donors (Lipinski definition) is 1. The van der Waals surface area contributed by atoms with Crippen LogP contribution in [0.5, 0.6) is 0 Å². The summed E-state index contributed by atoms with van der Waals surface area (Å²) in [7, 11) is -2.13. The maximum absolute atomic E-state index is 12.7. The van der Waals surface area contributed by atoms with E-state index in [1.165, 1.54) is 17.7 Å². The SMILES string of the molecule is CN(Cc1ncn[nH]1)S(=O)(=O)c1cccc2ncccc12. The standard InChI is InChI=1S/C13H13N5O2S/c1-18(8-13-15-9-16-17-13)21(19,20)12-6-2-5-11-10(12)4-3-7-14-11/h2-7,9H,8H2,1H3,(H,15,16,17). The summed E-state index contributed by atoms with van der Waals surface area (Å²) in [6.07, 6.45) is 2.98. The number of pyridine rings is 1. The second kappa shape index (κ2) is 5.23. The fourth-order valence-corrected chi connectivity index (χ4v) is 3.40. The second-order valence-electron chi connectivity index (χ2n) is 4.52. The van der Waals surface area contributed by atoms with Crippen molar-refractivity contribution in [2.75, 3.05) is 7.05 Å². The van der Waals surface area contributed by atoms with Crippen molar-refractivity contribution in [2.24, 2.45) is 0 Å². The molecule has 0 aliphatic heterocycles. The molecule has 0 spiro atoms. The summed E-state index contributed by atoms with van der Waals surface area (Å²) in [5.74, 6) is 0.486. The van der Waals surface area contributed by atoms with Crippen LogP contribution in [0.25, 0.3) is 10.9 Å². The maximum atomic E-state index is 12.7. The van der Waals surface area contributed by atoms with Crippen molar-refractivity contribution in [1.82, 2.24) is 24.5 Å². The van der Waals surface area contributed by atoms with Crippen molar-refractivity contribution in [3.8, 4) is 0 Å². The molecule has 2 heterocycles. The molecule has 1 aromatic carbocycles. The minimum atomic E-state index is -3.64. The van der Waals surface area contributed by atoms with Gasteiger partial charge in [0.25, 0.3) is 0 Å². The average Bonchev–Trinajstić information content (AvgIpc) is 2.99. The number of benzene rings is 1. The van der Waals surface area contributed by atoms with E-state index in [1.807, 2.05) is 0 Å². The molecule has 0 radical (unpaired) electrons. The number of aromatic amines is 1. The second-order valence-corrected chi connectivity index (χ2v) is 6.53. The Kier molecular flexibility index (Phi) is 3.40. The number of nitrogens with one attached hydrogen (secondary N) is 1. The lowest BCUT2D eigenvalue weighted by Crippen LogP contribution is -2.27. The van der Waals surface area contributed by atoms with Crippen LogP contribution >= 0.6 is 0 Å². The lowest BCUT2D eigenvalue weighted by molar-refractivity contribution is 0.458. The highest BCUT2D eigenvalue weighted by molar-refractivity contribution is 7.89. The molecule has 0 saturated heterocycles. The fourth-order valence-electron chi connectivity index (χ4n) is 2.07. The fraction of sp³-hybridized carbons (Fsp3) is 0.154. The largest absolute Gasteiger partial charge is 0.262 e. The maximum Gasteiger partial charge on any atom is 0.243 e. The van der Waals surface area contributed by atoms with Gasteiger partial charge < -0.3 is 0 Å². The molecule has 0 saturated carbocycles. The Balaban J connectivity index is 2.04. The zero-order valence-corrected chi connectivity index (χ0v) is 12.1. The molecule has 0 bridgehead atoms. The van der Waals surface area contributed by atoms with Gasteiger partial charge in [-0.2, -0.15) is 9.40 Å². The molecule has 7 nitrogen and oxygen atoms in total. The highest BCUT2D eigenvalue weighted by Gasteiger charge is 2.23. The van der Waals surface area contributed by atoms with Gasteiger partial charge in [-0.1, -0.05) is 6.07 Å². The van der Waals surface area contributed by atoms with E-state index in [0.29, 0.717) is 16.7 Å². The quantitative estimate of drug-likeness (QED) is 0.781. The van der Waals surface area contributed by atoms with Crippen LogP contribution < -0.4 is 0 Å². The van der Waals surface area contributed by atoms with Gasteiger partial charge in [-0.05, 0) is 24.3 Å². The lowest BCUT2D eigenvalue weighted by atomic mass is 10.2. The van der Waals surface area contributed by atoms with Gasteiger partial charge in [0.2, 0.25) is 10.0 Å². The third-order valence-electron chi connectivity index (χ3n) is 3.13. The van der Waals surface area contributed by atoms with Crippen molar-refractivity contribution in [3.63, 3.8) is 0 Å². The molecule has 2 aromatic heterocycles. The van der Waals surface area contributed by atoms with Crippen molar-refractivity contribution in [2.45, 2.75) is 11.4 Å². The zero-order chi connectivity index (χ0) is 14.9. The highest BCUT2D eigenvalue weighted by atomic mass is 32.2. The molecule has 8 heteroatoms. The molecule has 3 aromatic rings. The number of nitrogens with zero attached hydrogens (tertiary/aromatic N) is 4. The average molecular weight is 303 g/mol. The predicted octanol–water partition coefficient (Wildman–Crippen LogP) is 1.17. The molecule has 21 heavy (non-hydrogen) atoms. The van der Waals surface area contributed by atoms with Crippen LogP contribution in [0.1, 0.15) is 5.82 Å². The monoisotopic (exact) mass is 303 g/mol. The summed E-state index contributed by atoms with van der Waals surface area (Å²) in [4.78, 5) is 8.35.